The number of carbonyl (C=O) groups excluding carboxylic acids is 1. The number of carbonyl (C=O) groups is 1. The average molecular weight is 361 g/mol. The second-order valence-corrected chi connectivity index (χ2v) is 7.79. The zero-order valence-corrected chi connectivity index (χ0v) is 15.8. The number of hydrogen-bond donors (Lipinski definition) is 0. The molecule has 3 heterocycles. The van der Waals surface area contributed by atoms with Gasteiger partial charge in [0.2, 0.25) is 0 Å². The van der Waals surface area contributed by atoms with Gasteiger partial charge in [-0.25, -0.2) is 4.98 Å². The fourth-order valence-electron chi connectivity index (χ4n) is 3.05. The standard InChI is InChI=1S/C21H19N3OS/c1-13-4-7-21(26-13)20(25)10-18-9-17-8-15(5-6-16(17)11-23-18)19-12-22-14(2)24(19)3/h4-9,11-12H,10H2,1-3H3. The quantitative estimate of drug-likeness (QED) is 0.493. The Morgan fingerprint density at radius 1 is 1.04 bits per heavy atom. The molecule has 0 spiro atoms. The molecule has 4 nitrogen and oxygen atoms in total. The number of aromatic nitrogens is 3. The van der Waals surface area contributed by atoms with Gasteiger partial charge in [-0.1, -0.05) is 12.1 Å². The molecule has 0 fully saturated rings. The average Bonchev–Trinajstić information content (AvgIpc) is 3.21. The zero-order valence-electron chi connectivity index (χ0n) is 15.0. The van der Waals surface area contributed by atoms with E-state index >= 15 is 0 Å². The van der Waals surface area contributed by atoms with Crippen molar-refractivity contribution in [3.8, 4) is 11.3 Å². The van der Waals surface area contributed by atoms with Crippen LogP contribution in [0, 0.1) is 13.8 Å². The second kappa shape index (κ2) is 6.50. The highest BCUT2D eigenvalue weighted by molar-refractivity contribution is 7.14. The molecule has 0 aliphatic carbocycles. The fourth-order valence-corrected chi connectivity index (χ4v) is 3.85. The summed E-state index contributed by atoms with van der Waals surface area (Å²) in [7, 11) is 2.02. The van der Waals surface area contributed by atoms with Gasteiger partial charge in [-0.2, -0.15) is 0 Å². The largest absolute Gasteiger partial charge is 0.331 e. The predicted octanol–water partition coefficient (Wildman–Crippen LogP) is 4.74. The van der Waals surface area contributed by atoms with Gasteiger partial charge in [0.05, 0.1) is 23.2 Å². The van der Waals surface area contributed by atoms with E-state index in [1.807, 2.05) is 51.5 Å². The Kier molecular flexibility index (Phi) is 4.17. The lowest BCUT2D eigenvalue weighted by molar-refractivity contribution is 0.0996. The number of benzene rings is 1. The number of hydrogen-bond acceptors (Lipinski definition) is 4. The number of aryl methyl sites for hydroxylation is 2. The molecule has 0 aliphatic heterocycles. The van der Waals surface area contributed by atoms with Crippen LogP contribution in [-0.2, 0) is 13.5 Å². The highest BCUT2D eigenvalue weighted by atomic mass is 32.1. The van der Waals surface area contributed by atoms with Crippen molar-refractivity contribution in [2.75, 3.05) is 0 Å². The van der Waals surface area contributed by atoms with E-state index in [-0.39, 0.29) is 5.78 Å². The molecule has 1 aromatic carbocycles. The Morgan fingerprint density at radius 3 is 2.58 bits per heavy atom. The summed E-state index contributed by atoms with van der Waals surface area (Å²) < 4.78 is 2.08. The molecule has 0 saturated carbocycles. The maximum atomic E-state index is 12.5. The zero-order chi connectivity index (χ0) is 18.3. The van der Waals surface area contributed by atoms with E-state index in [1.54, 1.807) is 0 Å². The van der Waals surface area contributed by atoms with Gasteiger partial charge in [-0.3, -0.25) is 9.78 Å². The monoisotopic (exact) mass is 361 g/mol. The van der Waals surface area contributed by atoms with Gasteiger partial charge in [0.25, 0.3) is 0 Å². The third-order valence-corrected chi connectivity index (χ3v) is 5.69. The van der Waals surface area contributed by atoms with Crippen LogP contribution in [0.5, 0.6) is 0 Å². The Balaban J connectivity index is 1.67. The van der Waals surface area contributed by atoms with E-state index in [0.29, 0.717) is 6.42 Å². The number of rotatable bonds is 4. The van der Waals surface area contributed by atoms with E-state index in [1.165, 1.54) is 11.3 Å². The highest BCUT2D eigenvalue weighted by Gasteiger charge is 2.11. The van der Waals surface area contributed by atoms with E-state index in [9.17, 15) is 4.79 Å². The normalized spacial score (nSPS) is 11.2. The van der Waals surface area contributed by atoms with Crippen molar-refractivity contribution < 1.29 is 4.79 Å². The SMILES string of the molecule is Cc1ccc(C(=O)Cc2cc3cc(-c4cnc(C)n4C)ccc3cn2)s1. The smallest absolute Gasteiger partial charge is 0.178 e. The van der Waals surface area contributed by atoms with Crippen molar-refractivity contribution in [2.24, 2.45) is 7.05 Å². The molecule has 26 heavy (non-hydrogen) atoms. The minimum absolute atomic E-state index is 0.119. The molecule has 0 atom stereocenters. The van der Waals surface area contributed by atoms with Crippen LogP contribution in [0.3, 0.4) is 0 Å². The molecule has 0 bridgehead atoms. The van der Waals surface area contributed by atoms with E-state index in [0.717, 1.165) is 43.3 Å². The summed E-state index contributed by atoms with van der Waals surface area (Å²) in [6.45, 7) is 4.00. The van der Waals surface area contributed by atoms with Crippen LogP contribution in [0.25, 0.3) is 22.0 Å². The third kappa shape index (κ3) is 3.06. The molecule has 4 aromatic rings. The van der Waals surface area contributed by atoms with E-state index in [2.05, 4.69) is 32.7 Å². The van der Waals surface area contributed by atoms with Crippen molar-refractivity contribution in [2.45, 2.75) is 20.3 Å². The Hall–Kier alpha value is -2.79. The number of Topliss-reactive ketones (excluding diaryl/α,β-unsaturated/α-hetero) is 1. The lowest BCUT2D eigenvalue weighted by atomic mass is 10.0. The molecule has 0 amide bonds. The van der Waals surface area contributed by atoms with Crippen LogP contribution < -0.4 is 0 Å². The van der Waals surface area contributed by atoms with Gasteiger partial charge in [-0.05, 0) is 43.5 Å². The van der Waals surface area contributed by atoms with Crippen LogP contribution in [0.4, 0.5) is 0 Å². The first kappa shape index (κ1) is 16.7. The number of pyridine rings is 1. The maximum absolute atomic E-state index is 12.5. The first-order chi connectivity index (χ1) is 12.5. The number of fused-ring (bicyclic) bond motifs is 1. The van der Waals surface area contributed by atoms with Gasteiger partial charge in [0.1, 0.15) is 5.82 Å². The Labute approximate surface area is 156 Å². The molecule has 0 unspecified atom stereocenters. The summed E-state index contributed by atoms with van der Waals surface area (Å²) in [5.74, 6) is 1.10. The molecule has 0 N–H and O–H groups in total. The topological polar surface area (TPSA) is 47.8 Å². The number of ketones is 1. The fraction of sp³-hybridized carbons (Fsp3) is 0.190. The van der Waals surface area contributed by atoms with Crippen molar-refractivity contribution >= 4 is 27.9 Å². The molecule has 3 aromatic heterocycles. The maximum Gasteiger partial charge on any atom is 0.178 e. The minimum atomic E-state index is 0.119. The summed E-state index contributed by atoms with van der Waals surface area (Å²) >= 11 is 1.54. The van der Waals surface area contributed by atoms with Crippen molar-refractivity contribution in [3.05, 3.63) is 70.1 Å². The van der Waals surface area contributed by atoms with Gasteiger partial charge in [-0.15, -0.1) is 11.3 Å². The van der Waals surface area contributed by atoms with Crippen LogP contribution >= 0.6 is 11.3 Å². The molecule has 5 heteroatoms. The van der Waals surface area contributed by atoms with E-state index in [4.69, 9.17) is 0 Å². The highest BCUT2D eigenvalue weighted by Crippen LogP contribution is 2.25. The van der Waals surface area contributed by atoms with Crippen LogP contribution in [0.1, 0.15) is 26.1 Å². The molecule has 0 radical (unpaired) electrons. The van der Waals surface area contributed by atoms with Gasteiger partial charge < -0.3 is 4.57 Å². The molecular formula is C21H19N3OS. The van der Waals surface area contributed by atoms with Crippen LogP contribution in [-0.4, -0.2) is 20.3 Å². The Bertz CT molecular complexity index is 1120. The number of thiophene rings is 1. The van der Waals surface area contributed by atoms with Crippen LogP contribution in [0.2, 0.25) is 0 Å². The van der Waals surface area contributed by atoms with E-state index < -0.39 is 0 Å². The molecule has 130 valence electrons. The molecule has 0 saturated heterocycles. The van der Waals surface area contributed by atoms with Crippen molar-refractivity contribution in [1.82, 2.24) is 14.5 Å². The number of imidazole rings is 1. The van der Waals surface area contributed by atoms with Gasteiger partial charge in [0, 0.05) is 34.8 Å². The summed E-state index contributed by atoms with van der Waals surface area (Å²) in [5.41, 5.74) is 2.98. The van der Waals surface area contributed by atoms with Crippen molar-refractivity contribution in [1.29, 1.82) is 0 Å². The minimum Gasteiger partial charge on any atom is -0.331 e. The van der Waals surface area contributed by atoms with Crippen LogP contribution in [0.15, 0.2) is 48.8 Å². The summed E-state index contributed by atoms with van der Waals surface area (Å²) in [6.07, 6.45) is 4.06. The van der Waals surface area contributed by atoms with Gasteiger partial charge in [0.15, 0.2) is 5.78 Å². The third-order valence-electron chi connectivity index (χ3n) is 4.65. The second-order valence-electron chi connectivity index (χ2n) is 6.50. The first-order valence-corrected chi connectivity index (χ1v) is 9.30. The predicted molar refractivity (Wildman–Crippen MR) is 106 cm³/mol. The van der Waals surface area contributed by atoms with Crippen molar-refractivity contribution in [3.63, 3.8) is 0 Å². The summed E-state index contributed by atoms with van der Waals surface area (Å²) in [5, 5.41) is 2.15. The van der Waals surface area contributed by atoms with Gasteiger partial charge >= 0.3 is 0 Å². The first-order valence-electron chi connectivity index (χ1n) is 8.48. The summed E-state index contributed by atoms with van der Waals surface area (Å²) in [4.78, 5) is 23.2. The Morgan fingerprint density at radius 2 is 1.88 bits per heavy atom. The molecular weight excluding hydrogens is 342 g/mol. The molecule has 4 rings (SSSR count). The summed E-state index contributed by atoms with van der Waals surface area (Å²) in [6, 6.07) is 12.2. The lowest BCUT2D eigenvalue weighted by Gasteiger charge is -2.07. The lowest BCUT2D eigenvalue weighted by Crippen LogP contribution is -2.03. The number of nitrogens with zero attached hydrogens (tertiary/aromatic N) is 3. The molecule has 0 aliphatic rings.